The van der Waals surface area contributed by atoms with Gasteiger partial charge in [0.2, 0.25) is 0 Å². The Hall–Kier alpha value is -2.67. The van der Waals surface area contributed by atoms with Crippen molar-refractivity contribution in [3.05, 3.63) is 77.3 Å². The van der Waals surface area contributed by atoms with Crippen LogP contribution in [0.2, 0.25) is 0 Å². The number of halogens is 4. The third-order valence-electron chi connectivity index (χ3n) is 3.67. The van der Waals surface area contributed by atoms with Crippen LogP contribution in [0.4, 0.5) is 24.5 Å². The van der Waals surface area contributed by atoms with Gasteiger partial charge in [-0.25, -0.2) is 0 Å². The van der Waals surface area contributed by atoms with Gasteiger partial charge >= 0.3 is 6.36 Å². The minimum atomic E-state index is -4.71. The fourth-order valence-corrected chi connectivity index (χ4v) is 2.84. The van der Waals surface area contributed by atoms with Gasteiger partial charge in [0.15, 0.2) is 5.75 Å². The van der Waals surface area contributed by atoms with Crippen LogP contribution in [0, 0.1) is 0 Å². The molecule has 0 bridgehead atoms. The Bertz CT molecular complexity index is 900. The van der Waals surface area contributed by atoms with E-state index in [1.165, 1.54) is 28.9 Å². The lowest BCUT2D eigenvalue weighted by Gasteiger charge is -2.17. The minimum absolute atomic E-state index is 0.0632. The topological polar surface area (TPSA) is 38.5 Å². The van der Waals surface area contributed by atoms with Gasteiger partial charge in [-0.2, -0.15) is 0 Å². The first kappa shape index (κ1) is 21.6. The van der Waals surface area contributed by atoms with E-state index >= 15 is 0 Å². The largest absolute Gasteiger partial charge is 0.573 e. The molecule has 0 radical (unpaired) electrons. The van der Waals surface area contributed by atoms with Gasteiger partial charge in [0.25, 0.3) is 0 Å². The van der Waals surface area contributed by atoms with Gasteiger partial charge in [-0.05, 0) is 29.8 Å². The average Bonchev–Trinajstić information content (AvgIpc) is 2.64. The summed E-state index contributed by atoms with van der Waals surface area (Å²) in [5.74, 6) is -0.393. The molecule has 148 valence electrons. The summed E-state index contributed by atoms with van der Waals surface area (Å²) in [6.07, 6.45) is -4.71. The fourth-order valence-electron chi connectivity index (χ4n) is 2.46. The first-order valence-electron chi connectivity index (χ1n) is 8.30. The van der Waals surface area contributed by atoms with Crippen molar-refractivity contribution >= 4 is 27.3 Å². The molecule has 7 heteroatoms. The first-order chi connectivity index (χ1) is 13.2. The molecule has 0 amide bonds. The Kier molecular flexibility index (Phi) is 7.34. The number of anilines is 2. The quantitative estimate of drug-likeness (QED) is 0.470. The molecule has 3 aromatic rings. The highest BCUT2D eigenvalue weighted by Crippen LogP contribution is 2.30. The van der Waals surface area contributed by atoms with Gasteiger partial charge in [0.1, 0.15) is 0 Å². The van der Waals surface area contributed by atoms with Gasteiger partial charge in [0.05, 0.1) is 5.69 Å². The number of hydrogen-bond donors (Lipinski definition) is 1. The van der Waals surface area contributed by atoms with Gasteiger partial charge in [-0.3, -0.25) is 0 Å². The van der Waals surface area contributed by atoms with Crippen molar-refractivity contribution in [3.8, 4) is 16.9 Å². The van der Waals surface area contributed by atoms with Crippen molar-refractivity contribution < 1.29 is 17.9 Å². The van der Waals surface area contributed by atoms with E-state index in [2.05, 4.69) is 88.2 Å². The number of alkyl halides is 3. The zero-order valence-corrected chi connectivity index (χ0v) is 17.0. The number of hydrogen-bond acceptors (Lipinski definition) is 3. The van der Waals surface area contributed by atoms with Crippen LogP contribution in [0.5, 0.6) is 5.75 Å². The number of nitrogen functional groups attached to an aromatic ring is 1. The van der Waals surface area contributed by atoms with Crippen molar-refractivity contribution in [1.29, 1.82) is 0 Å². The van der Waals surface area contributed by atoms with E-state index < -0.39 is 12.1 Å². The van der Waals surface area contributed by atoms with Crippen LogP contribution in [-0.4, -0.2) is 20.5 Å². The van der Waals surface area contributed by atoms with Crippen molar-refractivity contribution in [1.82, 2.24) is 0 Å². The van der Waals surface area contributed by atoms with E-state index in [9.17, 15) is 13.2 Å². The Morgan fingerprint density at radius 2 is 1.50 bits per heavy atom. The summed E-state index contributed by atoms with van der Waals surface area (Å²) in [6, 6.07) is 22.8. The molecule has 3 rings (SSSR count). The third kappa shape index (κ3) is 6.49. The summed E-state index contributed by atoms with van der Waals surface area (Å²) in [7, 11) is 4.14. The molecule has 28 heavy (non-hydrogen) atoms. The van der Waals surface area contributed by atoms with Gasteiger partial charge in [-0.1, -0.05) is 64.5 Å². The second-order valence-electron chi connectivity index (χ2n) is 6.01. The average molecular weight is 453 g/mol. The molecule has 0 aromatic heterocycles. The second-order valence-corrected chi connectivity index (χ2v) is 6.92. The molecule has 0 atom stereocenters. The highest BCUT2D eigenvalue weighted by molar-refractivity contribution is 9.10. The van der Waals surface area contributed by atoms with E-state index in [1.807, 2.05) is 6.07 Å². The standard InChI is InChI=1S/C14H15N.C7H5BrF3NO/c1-15(2)14-11-7-6-10-13(14)12-8-4-3-5-9-12;8-4-1-2-6(5(12)3-4)13-7(9,10)11/h3-11H,1-2H3;1-3H,12H2. The molecule has 0 aliphatic heterocycles. The third-order valence-corrected chi connectivity index (χ3v) is 4.16. The predicted octanol–water partition coefficient (Wildman–Crippen LogP) is 6.35. The molecule has 0 spiro atoms. The lowest BCUT2D eigenvalue weighted by molar-refractivity contribution is -0.274. The van der Waals surface area contributed by atoms with Gasteiger partial charge < -0.3 is 15.4 Å². The molecular weight excluding hydrogens is 433 g/mol. The fraction of sp³-hybridized carbons (Fsp3) is 0.143. The molecular formula is C21H20BrF3N2O. The van der Waals surface area contributed by atoms with E-state index in [1.54, 1.807) is 0 Å². The smallest absolute Gasteiger partial charge is 0.404 e. The molecule has 0 aliphatic carbocycles. The monoisotopic (exact) mass is 452 g/mol. The number of nitrogens with zero attached hydrogens (tertiary/aromatic N) is 1. The summed E-state index contributed by atoms with van der Waals surface area (Å²) >= 11 is 3.06. The first-order valence-corrected chi connectivity index (χ1v) is 9.09. The van der Waals surface area contributed by atoms with Crippen LogP contribution in [-0.2, 0) is 0 Å². The summed E-state index contributed by atoms with van der Waals surface area (Å²) in [4.78, 5) is 2.14. The van der Waals surface area contributed by atoms with Crippen LogP contribution in [0.15, 0.2) is 77.3 Å². The summed E-state index contributed by atoms with van der Waals surface area (Å²) in [6.45, 7) is 0. The van der Waals surface area contributed by atoms with Crippen LogP contribution in [0.3, 0.4) is 0 Å². The molecule has 0 unspecified atom stereocenters. The van der Waals surface area contributed by atoms with Crippen molar-refractivity contribution in [2.75, 3.05) is 24.7 Å². The Balaban J connectivity index is 0.000000203. The zero-order valence-electron chi connectivity index (χ0n) is 15.4. The molecule has 3 nitrogen and oxygen atoms in total. The Morgan fingerprint density at radius 1 is 0.893 bits per heavy atom. The number of rotatable bonds is 3. The van der Waals surface area contributed by atoms with Crippen LogP contribution >= 0.6 is 15.9 Å². The molecule has 0 aliphatic rings. The predicted molar refractivity (Wildman–Crippen MR) is 111 cm³/mol. The van der Waals surface area contributed by atoms with E-state index in [-0.39, 0.29) is 5.69 Å². The lowest BCUT2D eigenvalue weighted by Crippen LogP contribution is -2.17. The Labute approximate surface area is 170 Å². The van der Waals surface area contributed by atoms with Crippen molar-refractivity contribution in [2.24, 2.45) is 0 Å². The van der Waals surface area contributed by atoms with E-state index in [0.29, 0.717) is 4.47 Å². The molecule has 0 heterocycles. The summed E-state index contributed by atoms with van der Waals surface area (Å²) < 4.78 is 39.4. The minimum Gasteiger partial charge on any atom is -0.404 e. The number of para-hydroxylation sites is 1. The SMILES string of the molecule is CN(C)c1ccccc1-c1ccccc1.Nc1cc(Br)ccc1OC(F)(F)F. The highest BCUT2D eigenvalue weighted by Gasteiger charge is 2.31. The maximum Gasteiger partial charge on any atom is 0.573 e. The van der Waals surface area contributed by atoms with Crippen molar-refractivity contribution in [3.63, 3.8) is 0 Å². The van der Waals surface area contributed by atoms with Crippen LogP contribution in [0.1, 0.15) is 0 Å². The van der Waals surface area contributed by atoms with Gasteiger partial charge in [0, 0.05) is 29.8 Å². The summed E-state index contributed by atoms with van der Waals surface area (Å²) in [5, 5.41) is 0. The molecule has 0 saturated heterocycles. The Morgan fingerprint density at radius 3 is 2.07 bits per heavy atom. The highest BCUT2D eigenvalue weighted by atomic mass is 79.9. The number of benzene rings is 3. The second kappa shape index (κ2) is 9.50. The molecule has 2 N–H and O–H groups in total. The molecule has 3 aromatic carbocycles. The van der Waals surface area contributed by atoms with E-state index in [0.717, 1.165) is 6.07 Å². The molecule has 0 saturated carbocycles. The maximum atomic E-state index is 11.7. The number of nitrogens with two attached hydrogens (primary N) is 1. The van der Waals surface area contributed by atoms with Gasteiger partial charge in [-0.15, -0.1) is 13.2 Å². The van der Waals surface area contributed by atoms with Crippen LogP contribution < -0.4 is 15.4 Å². The number of ether oxygens (including phenoxy) is 1. The normalized spacial score (nSPS) is 10.6. The van der Waals surface area contributed by atoms with E-state index in [4.69, 9.17) is 5.73 Å². The van der Waals surface area contributed by atoms with Crippen molar-refractivity contribution in [2.45, 2.75) is 6.36 Å². The lowest BCUT2D eigenvalue weighted by atomic mass is 10.0. The molecule has 0 fully saturated rings. The maximum absolute atomic E-state index is 11.7. The zero-order chi connectivity index (χ0) is 20.7. The van der Waals surface area contributed by atoms with Crippen LogP contribution in [0.25, 0.3) is 11.1 Å². The summed E-state index contributed by atoms with van der Waals surface area (Å²) in [5.41, 5.74) is 9.01.